The van der Waals surface area contributed by atoms with Crippen LogP contribution in [0.15, 0.2) is 146 Å². The van der Waals surface area contributed by atoms with Crippen molar-refractivity contribution in [3.8, 4) is 0 Å². The lowest BCUT2D eigenvalue weighted by Gasteiger charge is -2.18. The summed E-state index contributed by atoms with van der Waals surface area (Å²) in [4.78, 5) is 38.0. The Bertz CT molecular complexity index is 1730. The SMILES string of the molecule is CC/C=C\C/C=C\C/C=C\C/C=C\C/C=C\C/C=C\CCCCCCCCCCCCC(=O)OCC(COC(=O)CCCCCCC)OC(=O)CCCCCCCCCC/C=C\C/C=C\C/C=C\C/C=C\C/C=C\C/C=C\CC. The number of allylic oxidation sites excluding steroid dienone is 24. The Morgan fingerprint density at radius 3 is 0.772 bits per heavy atom. The molecular weight excluding hydrogens is 973 g/mol. The van der Waals surface area contributed by atoms with E-state index >= 15 is 0 Å². The average molecular weight is 1090 g/mol. The van der Waals surface area contributed by atoms with Crippen molar-refractivity contribution < 1.29 is 28.6 Å². The van der Waals surface area contributed by atoms with Gasteiger partial charge in [-0.2, -0.15) is 0 Å². The summed E-state index contributed by atoms with van der Waals surface area (Å²) in [5.74, 6) is -0.914. The van der Waals surface area contributed by atoms with Gasteiger partial charge in [-0.1, -0.05) is 282 Å². The number of esters is 3. The van der Waals surface area contributed by atoms with E-state index in [0.717, 1.165) is 148 Å². The first kappa shape index (κ1) is 74.3. The van der Waals surface area contributed by atoms with Crippen LogP contribution in [0.25, 0.3) is 0 Å². The minimum atomic E-state index is -0.787. The number of ether oxygens (including phenoxy) is 3. The molecule has 0 aliphatic heterocycles. The van der Waals surface area contributed by atoms with Gasteiger partial charge in [-0.15, -0.1) is 0 Å². The number of unbranched alkanes of at least 4 members (excludes halogenated alkanes) is 22. The molecule has 6 nitrogen and oxygen atoms in total. The van der Waals surface area contributed by atoms with Gasteiger partial charge in [0.05, 0.1) is 0 Å². The standard InChI is InChI=1S/C73H118O6/c1-4-7-10-13-15-17-19-21-23-25-27-29-31-33-35-36-38-39-41-43-45-47-49-51-53-55-57-60-63-66-72(75)78-69-70(68-77-71(74)65-62-59-12-9-6-3)79-73(76)67-64-61-58-56-54-52-50-48-46-44-42-40-37-34-32-30-28-26-24-22-20-18-16-14-11-8-5-2/h7-8,10-11,15-18,21-24,27-30,33-35,37-39,42,44,70H,4-6,9,12-14,19-20,25-26,31-32,36,40-41,43,45-69H2,1-3H3/b10-7-,11-8-,17-15-,18-16-,23-21-,24-22-,29-27-,30-28-,35-33-,37-34-,39-38-,44-42-. The third kappa shape index (κ3) is 64.0. The average Bonchev–Trinajstić information content (AvgIpc) is 3.45. The van der Waals surface area contributed by atoms with Crippen molar-refractivity contribution in [1.82, 2.24) is 0 Å². The van der Waals surface area contributed by atoms with E-state index in [1.54, 1.807) is 0 Å². The normalized spacial score (nSPS) is 13.1. The van der Waals surface area contributed by atoms with Crippen LogP contribution in [0, 0.1) is 0 Å². The number of hydrogen-bond acceptors (Lipinski definition) is 6. The Balaban J connectivity index is 4.10. The summed E-state index contributed by atoms with van der Waals surface area (Å²) in [5.41, 5.74) is 0. The predicted octanol–water partition coefficient (Wildman–Crippen LogP) is 22.3. The topological polar surface area (TPSA) is 78.9 Å². The van der Waals surface area contributed by atoms with Gasteiger partial charge in [0.15, 0.2) is 6.10 Å². The van der Waals surface area contributed by atoms with Crippen molar-refractivity contribution in [3.63, 3.8) is 0 Å². The van der Waals surface area contributed by atoms with Crippen LogP contribution in [0.3, 0.4) is 0 Å². The monoisotopic (exact) mass is 1090 g/mol. The number of hydrogen-bond donors (Lipinski definition) is 0. The van der Waals surface area contributed by atoms with Crippen LogP contribution in [0.2, 0.25) is 0 Å². The molecular formula is C73H118O6. The molecule has 0 aromatic rings. The fourth-order valence-corrected chi connectivity index (χ4v) is 8.57. The van der Waals surface area contributed by atoms with E-state index in [4.69, 9.17) is 14.2 Å². The second-order valence-corrected chi connectivity index (χ2v) is 20.9. The largest absolute Gasteiger partial charge is 0.462 e. The molecule has 1 unspecified atom stereocenters. The maximum absolute atomic E-state index is 12.8. The minimum absolute atomic E-state index is 0.0869. The zero-order valence-corrected chi connectivity index (χ0v) is 51.1. The lowest BCUT2D eigenvalue weighted by Crippen LogP contribution is -2.30. The van der Waals surface area contributed by atoms with E-state index in [9.17, 15) is 14.4 Å². The van der Waals surface area contributed by atoms with Gasteiger partial charge in [-0.05, 0) is 122 Å². The highest BCUT2D eigenvalue weighted by Crippen LogP contribution is 2.15. The van der Waals surface area contributed by atoms with Gasteiger partial charge in [0.1, 0.15) is 13.2 Å². The zero-order valence-electron chi connectivity index (χ0n) is 51.1. The Morgan fingerprint density at radius 1 is 0.266 bits per heavy atom. The highest BCUT2D eigenvalue weighted by molar-refractivity contribution is 5.71. The molecule has 0 radical (unpaired) electrons. The predicted molar refractivity (Wildman–Crippen MR) is 343 cm³/mol. The smallest absolute Gasteiger partial charge is 0.306 e. The first-order chi connectivity index (χ1) is 39.0. The molecule has 0 heterocycles. The van der Waals surface area contributed by atoms with Gasteiger partial charge in [0, 0.05) is 19.3 Å². The first-order valence-electron chi connectivity index (χ1n) is 32.3. The second-order valence-electron chi connectivity index (χ2n) is 20.9. The highest BCUT2D eigenvalue weighted by Gasteiger charge is 2.19. The maximum atomic E-state index is 12.8. The molecule has 0 aromatic heterocycles. The van der Waals surface area contributed by atoms with E-state index in [1.807, 2.05) is 0 Å². The molecule has 0 aromatic carbocycles. The van der Waals surface area contributed by atoms with E-state index in [2.05, 4.69) is 167 Å². The molecule has 0 spiro atoms. The molecule has 1 atom stereocenters. The third-order valence-electron chi connectivity index (χ3n) is 13.3. The van der Waals surface area contributed by atoms with Gasteiger partial charge in [0.2, 0.25) is 0 Å². The molecule has 0 amide bonds. The fourth-order valence-electron chi connectivity index (χ4n) is 8.57. The maximum Gasteiger partial charge on any atom is 0.306 e. The second kappa shape index (κ2) is 65.8. The van der Waals surface area contributed by atoms with E-state index in [1.165, 1.54) is 89.9 Å². The summed E-state index contributed by atoms with van der Waals surface area (Å²) in [7, 11) is 0. The van der Waals surface area contributed by atoms with Crippen LogP contribution in [0.1, 0.15) is 278 Å². The Hall–Kier alpha value is -4.71. The quantitative estimate of drug-likeness (QED) is 0.0261. The van der Waals surface area contributed by atoms with Crippen LogP contribution in [-0.2, 0) is 28.6 Å². The molecule has 0 rings (SSSR count). The van der Waals surface area contributed by atoms with Gasteiger partial charge < -0.3 is 14.2 Å². The first-order valence-corrected chi connectivity index (χ1v) is 32.3. The zero-order chi connectivity index (χ0) is 57.1. The summed E-state index contributed by atoms with van der Waals surface area (Å²) >= 11 is 0. The van der Waals surface area contributed by atoms with Gasteiger partial charge in [-0.25, -0.2) is 0 Å². The molecule has 0 N–H and O–H groups in total. The molecule has 0 saturated heterocycles. The van der Waals surface area contributed by atoms with Crippen LogP contribution in [0.5, 0.6) is 0 Å². The third-order valence-corrected chi connectivity index (χ3v) is 13.3. The molecule has 6 heteroatoms. The number of rotatable bonds is 57. The Morgan fingerprint density at radius 2 is 0.494 bits per heavy atom. The van der Waals surface area contributed by atoms with Gasteiger partial charge >= 0.3 is 17.9 Å². The Kier molecular flexibility index (Phi) is 61.9. The minimum Gasteiger partial charge on any atom is -0.462 e. The molecule has 0 aliphatic carbocycles. The van der Waals surface area contributed by atoms with Crippen molar-refractivity contribution in [1.29, 1.82) is 0 Å². The van der Waals surface area contributed by atoms with Gasteiger partial charge in [-0.3, -0.25) is 14.4 Å². The molecule has 79 heavy (non-hydrogen) atoms. The van der Waals surface area contributed by atoms with Crippen molar-refractivity contribution in [3.05, 3.63) is 146 Å². The molecule has 0 fully saturated rings. The lowest BCUT2D eigenvalue weighted by atomic mass is 10.1. The summed E-state index contributed by atoms with van der Waals surface area (Å²) in [5, 5.41) is 0. The summed E-state index contributed by atoms with van der Waals surface area (Å²) in [6, 6.07) is 0. The van der Waals surface area contributed by atoms with Crippen molar-refractivity contribution in [2.24, 2.45) is 0 Å². The van der Waals surface area contributed by atoms with Crippen molar-refractivity contribution >= 4 is 17.9 Å². The fraction of sp³-hybridized carbons (Fsp3) is 0.630. The summed E-state index contributed by atoms with van der Waals surface area (Å²) < 4.78 is 16.8. The van der Waals surface area contributed by atoms with E-state index in [0.29, 0.717) is 19.3 Å². The molecule has 0 aliphatic rings. The summed E-state index contributed by atoms with van der Waals surface area (Å²) in [6.45, 7) is 6.32. The number of carbonyl (C=O) groups is 3. The van der Waals surface area contributed by atoms with Crippen LogP contribution >= 0.6 is 0 Å². The van der Waals surface area contributed by atoms with Crippen molar-refractivity contribution in [2.45, 2.75) is 284 Å². The van der Waals surface area contributed by atoms with Crippen LogP contribution in [0.4, 0.5) is 0 Å². The molecule has 0 bridgehead atoms. The highest BCUT2D eigenvalue weighted by atomic mass is 16.6. The van der Waals surface area contributed by atoms with E-state index in [-0.39, 0.29) is 31.1 Å². The molecule has 0 saturated carbocycles. The van der Waals surface area contributed by atoms with Crippen molar-refractivity contribution in [2.75, 3.05) is 13.2 Å². The Labute approximate surface area is 487 Å². The molecule has 446 valence electrons. The summed E-state index contributed by atoms with van der Waals surface area (Å²) in [6.07, 6.45) is 94.7. The lowest BCUT2D eigenvalue weighted by molar-refractivity contribution is -0.167. The van der Waals surface area contributed by atoms with Crippen LogP contribution < -0.4 is 0 Å². The van der Waals surface area contributed by atoms with E-state index < -0.39 is 6.10 Å². The van der Waals surface area contributed by atoms with Gasteiger partial charge in [0.25, 0.3) is 0 Å². The number of carbonyl (C=O) groups excluding carboxylic acids is 3. The van der Waals surface area contributed by atoms with Crippen LogP contribution in [-0.4, -0.2) is 37.2 Å².